The summed E-state index contributed by atoms with van der Waals surface area (Å²) in [6.07, 6.45) is -0.100. The first kappa shape index (κ1) is 25.7. The second-order valence-electron chi connectivity index (χ2n) is 9.15. The van der Waals surface area contributed by atoms with Gasteiger partial charge in [-0.1, -0.05) is 77.5 Å². The molecule has 2 atom stereocenters. The van der Waals surface area contributed by atoms with E-state index >= 15 is 0 Å². The minimum absolute atomic E-state index is 0.0737. The number of nitrogens with zero attached hydrogens (tertiary/aromatic N) is 2. The van der Waals surface area contributed by atoms with Crippen molar-refractivity contribution in [2.45, 2.75) is 38.4 Å². The van der Waals surface area contributed by atoms with Crippen molar-refractivity contribution >= 4 is 11.8 Å². The third-order valence-corrected chi connectivity index (χ3v) is 6.30. The Morgan fingerprint density at radius 2 is 1.62 bits per heavy atom. The summed E-state index contributed by atoms with van der Waals surface area (Å²) in [6, 6.07) is 24.9. The van der Waals surface area contributed by atoms with Crippen molar-refractivity contribution in [3.05, 3.63) is 107 Å². The maximum atomic E-state index is 13.0. The highest BCUT2D eigenvalue weighted by Gasteiger charge is 2.35. The Hall–Kier alpha value is -4.43. The Morgan fingerprint density at radius 1 is 0.946 bits per heavy atom. The molecule has 0 aliphatic rings. The molecule has 4 aromatic rings. The average molecular weight is 499 g/mol. The number of hydrogen-bond acceptors (Lipinski definition) is 6. The fraction of sp³-hybridized carbons (Fsp3) is 0.207. The van der Waals surface area contributed by atoms with E-state index in [9.17, 15) is 14.7 Å². The van der Waals surface area contributed by atoms with Gasteiger partial charge in [-0.3, -0.25) is 14.5 Å². The number of carbonyl (C=O) groups excluding carboxylic acids is 2. The number of rotatable bonds is 11. The van der Waals surface area contributed by atoms with Crippen LogP contribution in [0.15, 0.2) is 89.5 Å². The van der Waals surface area contributed by atoms with E-state index in [1.807, 2.05) is 72.5 Å². The van der Waals surface area contributed by atoms with Crippen molar-refractivity contribution in [3.63, 3.8) is 0 Å². The van der Waals surface area contributed by atoms with Gasteiger partial charge in [-0.25, -0.2) is 0 Å². The van der Waals surface area contributed by atoms with Gasteiger partial charge in [-0.05, 0) is 30.2 Å². The van der Waals surface area contributed by atoms with E-state index in [4.69, 9.17) is 16.0 Å². The molecule has 4 rings (SSSR count). The molecule has 0 aliphatic carbocycles. The lowest BCUT2D eigenvalue weighted by atomic mass is 9.86. The van der Waals surface area contributed by atoms with E-state index in [1.165, 1.54) is 12.1 Å². The van der Waals surface area contributed by atoms with E-state index in [0.29, 0.717) is 23.6 Å². The minimum Gasteiger partial charge on any atom is -0.508 e. The minimum atomic E-state index is -0.892. The van der Waals surface area contributed by atoms with E-state index in [1.54, 1.807) is 12.1 Å². The third-order valence-electron chi connectivity index (χ3n) is 6.30. The normalized spacial score (nSPS) is 12.8. The predicted octanol–water partition coefficient (Wildman–Crippen LogP) is 3.87. The van der Waals surface area contributed by atoms with Gasteiger partial charge in [-0.2, -0.15) is 0 Å². The SMILES string of the molecule is Cc1ccc(-c2cc(CN(Cc3ccccc3)C(C(N)=O)C(CC(N)=O)c3ccc(O)cc3)no2)cc1. The topological polar surface area (TPSA) is 136 Å². The first-order valence-electron chi connectivity index (χ1n) is 12.0. The van der Waals surface area contributed by atoms with Gasteiger partial charge in [0.05, 0.1) is 11.7 Å². The maximum absolute atomic E-state index is 13.0. The molecule has 3 aromatic carbocycles. The zero-order chi connectivity index (χ0) is 26.4. The molecule has 2 unspecified atom stereocenters. The van der Waals surface area contributed by atoms with Crippen LogP contribution in [0.25, 0.3) is 11.3 Å². The Labute approximate surface area is 215 Å². The molecule has 0 saturated carbocycles. The molecule has 0 aliphatic heterocycles. The molecular weight excluding hydrogens is 468 g/mol. The number of amides is 2. The number of primary amides is 2. The zero-order valence-corrected chi connectivity index (χ0v) is 20.6. The van der Waals surface area contributed by atoms with E-state index in [0.717, 1.165) is 16.7 Å². The molecule has 1 heterocycles. The molecule has 0 radical (unpaired) electrons. The lowest BCUT2D eigenvalue weighted by Crippen LogP contribution is -2.48. The summed E-state index contributed by atoms with van der Waals surface area (Å²) in [6.45, 7) is 2.62. The molecule has 0 fully saturated rings. The second kappa shape index (κ2) is 11.5. The van der Waals surface area contributed by atoms with Gasteiger partial charge in [0.1, 0.15) is 5.75 Å². The lowest BCUT2D eigenvalue weighted by molar-refractivity contribution is -0.125. The molecule has 1 aromatic heterocycles. The van der Waals surface area contributed by atoms with Crippen LogP contribution in [-0.2, 0) is 22.7 Å². The summed E-state index contributed by atoms with van der Waals surface area (Å²) in [5, 5.41) is 14.0. The largest absolute Gasteiger partial charge is 0.508 e. The number of phenols is 1. The Balaban J connectivity index is 1.71. The van der Waals surface area contributed by atoms with Crippen molar-refractivity contribution in [1.82, 2.24) is 10.1 Å². The second-order valence-corrected chi connectivity index (χ2v) is 9.15. The summed E-state index contributed by atoms with van der Waals surface area (Å²) < 4.78 is 5.61. The monoisotopic (exact) mass is 498 g/mol. The van der Waals surface area contributed by atoms with Gasteiger partial charge in [0.2, 0.25) is 11.8 Å². The number of carbonyl (C=O) groups is 2. The van der Waals surface area contributed by atoms with Crippen LogP contribution in [0.3, 0.4) is 0 Å². The standard InChI is InChI=1S/C29H30N4O4/c1-19-7-9-22(10-8-19)26-15-23(32-37-26)18-33(17-20-5-3-2-4-6-20)28(29(31)36)25(16-27(30)35)21-11-13-24(34)14-12-21/h2-15,25,28,34H,16-18H2,1H3,(H2,30,35)(H2,31,36). The summed E-state index contributed by atoms with van der Waals surface area (Å²) in [4.78, 5) is 26.9. The molecule has 0 bridgehead atoms. The number of nitrogens with two attached hydrogens (primary N) is 2. The van der Waals surface area contributed by atoms with Crippen LogP contribution in [0.2, 0.25) is 0 Å². The number of aryl methyl sites for hydroxylation is 1. The summed E-state index contributed by atoms with van der Waals surface area (Å²) in [5.41, 5.74) is 15.8. The zero-order valence-electron chi connectivity index (χ0n) is 20.6. The van der Waals surface area contributed by atoms with Crippen LogP contribution in [-0.4, -0.2) is 33.0 Å². The van der Waals surface area contributed by atoms with Crippen molar-refractivity contribution in [3.8, 4) is 17.1 Å². The molecule has 2 amide bonds. The lowest BCUT2D eigenvalue weighted by Gasteiger charge is -2.34. The number of aromatic nitrogens is 1. The quantitative estimate of drug-likeness (QED) is 0.287. The summed E-state index contributed by atoms with van der Waals surface area (Å²) in [7, 11) is 0. The molecule has 8 heteroatoms. The molecule has 190 valence electrons. The molecule has 5 N–H and O–H groups in total. The van der Waals surface area contributed by atoms with E-state index in [2.05, 4.69) is 5.16 Å². The molecule has 0 spiro atoms. The molecule has 8 nitrogen and oxygen atoms in total. The average Bonchev–Trinajstić information content (AvgIpc) is 3.33. The van der Waals surface area contributed by atoms with Crippen LogP contribution in [0.4, 0.5) is 0 Å². The Kier molecular flexibility index (Phi) is 8.00. The van der Waals surface area contributed by atoms with Crippen LogP contribution in [0.5, 0.6) is 5.75 Å². The number of aromatic hydroxyl groups is 1. The number of hydrogen-bond donors (Lipinski definition) is 3. The highest BCUT2D eigenvalue weighted by molar-refractivity contribution is 5.83. The van der Waals surface area contributed by atoms with Gasteiger partial charge in [-0.15, -0.1) is 0 Å². The van der Waals surface area contributed by atoms with Gasteiger partial charge in [0.15, 0.2) is 5.76 Å². The van der Waals surface area contributed by atoms with E-state index < -0.39 is 23.8 Å². The van der Waals surface area contributed by atoms with Crippen LogP contribution >= 0.6 is 0 Å². The maximum Gasteiger partial charge on any atom is 0.235 e. The van der Waals surface area contributed by atoms with Gasteiger partial charge < -0.3 is 21.1 Å². The number of phenolic OH excluding ortho intramolecular Hbond substituents is 1. The van der Waals surface area contributed by atoms with Gasteiger partial charge >= 0.3 is 0 Å². The Bertz CT molecular complexity index is 1330. The van der Waals surface area contributed by atoms with Crippen LogP contribution in [0.1, 0.15) is 34.7 Å². The molecule has 37 heavy (non-hydrogen) atoms. The fourth-order valence-electron chi connectivity index (χ4n) is 4.50. The van der Waals surface area contributed by atoms with Crippen LogP contribution in [0, 0.1) is 6.92 Å². The van der Waals surface area contributed by atoms with Crippen molar-refractivity contribution in [2.75, 3.05) is 0 Å². The van der Waals surface area contributed by atoms with E-state index in [-0.39, 0.29) is 18.7 Å². The summed E-state index contributed by atoms with van der Waals surface area (Å²) in [5.74, 6) is -1.12. The summed E-state index contributed by atoms with van der Waals surface area (Å²) >= 11 is 0. The first-order valence-corrected chi connectivity index (χ1v) is 12.0. The van der Waals surface area contributed by atoms with Crippen molar-refractivity contribution in [1.29, 1.82) is 0 Å². The smallest absolute Gasteiger partial charge is 0.235 e. The third kappa shape index (κ3) is 6.62. The Morgan fingerprint density at radius 3 is 2.24 bits per heavy atom. The highest BCUT2D eigenvalue weighted by atomic mass is 16.5. The van der Waals surface area contributed by atoms with Crippen molar-refractivity contribution < 1.29 is 19.2 Å². The predicted molar refractivity (Wildman–Crippen MR) is 140 cm³/mol. The molecule has 0 saturated heterocycles. The van der Waals surface area contributed by atoms with Crippen LogP contribution < -0.4 is 11.5 Å². The van der Waals surface area contributed by atoms with Gasteiger partial charge in [0, 0.05) is 37.1 Å². The highest BCUT2D eigenvalue weighted by Crippen LogP contribution is 2.31. The van der Waals surface area contributed by atoms with Gasteiger partial charge in [0.25, 0.3) is 0 Å². The first-order chi connectivity index (χ1) is 17.8. The number of benzene rings is 3. The van der Waals surface area contributed by atoms with Crippen molar-refractivity contribution in [2.24, 2.45) is 11.5 Å². The molecular formula is C29H30N4O4. The fourth-order valence-corrected chi connectivity index (χ4v) is 4.50.